The quantitative estimate of drug-likeness (QED) is 0.605. The average Bonchev–Trinajstić information content (AvgIpc) is 3.35. The Morgan fingerprint density at radius 1 is 1.35 bits per heavy atom. The molecule has 10 nitrogen and oxygen atoms in total. The summed E-state index contributed by atoms with van der Waals surface area (Å²) in [6.45, 7) is 7.35. The molecule has 2 aliphatic rings. The second-order valence-electron chi connectivity index (χ2n) is 8.75. The Kier molecular flexibility index (Phi) is 7.87. The van der Waals surface area contributed by atoms with E-state index in [1.54, 1.807) is 17.1 Å². The molecular formula is C19H30ClN7O3S. The van der Waals surface area contributed by atoms with Crippen LogP contribution in [0.1, 0.15) is 27.2 Å². The molecule has 0 bridgehead atoms. The van der Waals surface area contributed by atoms with Crippen molar-refractivity contribution < 1.29 is 13.7 Å². The van der Waals surface area contributed by atoms with Crippen molar-refractivity contribution in [1.29, 1.82) is 0 Å². The number of hydrogen-bond donors (Lipinski definition) is 3. The third-order valence-corrected chi connectivity index (χ3v) is 6.00. The first-order valence-electron chi connectivity index (χ1n) is 10.0. The van der Waals surface area contributed by atoms with Gasteiger partial charge < -0.3 is 20.1 Å². The topological polar surface area (TPSA) is 129 Å². The van der Waals surface area contributed by atoms with Crippen LogP contribution in [0.3, 0.4) is 0 Å². The lowest BCUT2D eigenvalue weighted by molar-refractivity contribution is 0.0718. The molecule has 0 spiro atoms. The van der Waals surface area contributed by atoms with Gasteiger partial charge in [-0.25, -0.2) is 9.19 Å². The summed E-state index contributed by atoms with van der Waals surface area (Å²) >= 11 is 6.21. The van der Waals surface area contributed by atoms with Crippen molar-refractivity contribution in [2.75, 3.05) is 29.6 Å². The Morgan fingerprint density at radius 3 is 2.74 bits per heavy atom. The van der Waals surface area contributed by atoms with E-state index in [-0.39, 0.29) is 23.7 Å². The maximum Gasteiger partial charge on any atom is 0.229 e. The zero-order chi connectivity index (χ0) is 22.6. The summed E-state index contributed by atoms with van der Waals surface area (Å²) in [6.07, 6.45) is 6.27. The van der Waals surface area contributed by atoms with Gasteiger partial charge in [0.25, 0.3) is 0 Å². The zero-order valence-corrected chi connectivity index (χ0v) is 19.7. The fourth-order valence-corrected chi connectivity index (χ4v) is 4.34. The van der Waals surface area contributed by atoms with E-state index in [4.69, 9.17) is 26.2 Å². The lowest BCUT2D eigenvalue weighted by atomic mass is 10.0. The van der Waals surface area contributed by atoms with Gasteiger partial charge in [-0.15, -0.1) is 0 Å². The van der Waals surface area contributed by atoms with Crippen LogP contribution in [0, 0.1) is 5.41 Å². The highest BCUT2D eigenvalue weighted by molar-refractivity contribution is 7.82. The van der Waals surface area contributed by atoms with E-state index in [1.807, 2.05) is 34.0 Å². The highest BCUT2D eigenvalue weighted by atomic mass is 35.5. The van der Waals surface area contributed by atoms with Gasteiger partial charge in [-0.1, -0.05) is 32.4 Å². The first kappa shape index (κ1) is 23.9. The number of nitrogens with zero attached hydrogens (tertiary/aromatic N) is 4. The molecule has 172 valence electrons. The molecular weight excluding hydrogens is 442 g/mol. The van der Waals surface area contributed by atoms with E-state index in [0.29, 0.717) is 29.1 Å². The lowest BCUT2D eigenvalue weighted by Gasteiger charge is -2.19. The average molecular weight is 472 g/mol. The minimum Gasteiger partial charge on any atom is -0.373 e. The van der Waals surface area contributed by atoms with Gasteiger partial charge in [0.1, 0.15) is 11.1 Å². The Hall–Kier alpha value is -1.79. The van der Waals surface area contributed by atoms with Gasteiger partial charge in [-0.3, -0.25) is 9.82 Å². The number of rotatable bonds is 5. The fraction of sp³-hybridized carbons (Fsp3) is 0.632. The molecule has 2 aliphatic heterocycles. The SMILES string of the molecule is CC(C)(C)CS(N)=O.Cn1cc(Nc2ncc(Cl)c(NC3COC4CCOC34)n2)cn1. The summed E-state index contributed by atoms with van der Waals surface area (Å²) in [5.41, 5.74) is 0.906. The van der Waals surface area contributed by atoms with Crippen LogP contribution in [0.15, 0.2) is 18.6 Å². The molecule has 2 aromatic heterocycles. The van der Waals surface area contributed by atoms with Crippen molar-refractivity contribution in [2.24, 2.45) is 17.6 Å². The van der Waals surface area contributed by atoms with Gasteiger partial charge in [0, 0.05) is 25.6 Å². The Morgan fingerprint density at radius 2 is 2.13 bits per heavy atom. The van der Waals surface area contributed by atoms with Gasteiger partial charge in [0.2, 0.25) is 5.95 Å². The maximum atomic E-state index is 10.3. The van der Waals surface area contributed by atoms with Crippen LogP contribution in [0.4, 0.5) is 17.5 Å². The van der Waals surface area contributed by atoms with Gasteiger partial charge >= 0.3 is 0 Å². The van der Waals surface area contributed by atoms with Crippen molar-refractivity contribution in [3.05, 3.63) is 23.6 Å². The highest BCUT2D eigenvalue weighted by Crippen LogP contribution is 2.30. The lowest BCUT2D eigenvalue weighted by Crippen LogP contribution is -2.34. The number of anilines is 3. The summed E-state index contributed by atoms with van der Waals surface area (Å²) in [4.78, 5) is 8.63. The van der Waals surface area contributed by atoms with Crippen molar-refractivity contribution in [1.82, 2.24) is 19.7 Å². The molecule has 0 amide bonds. The second-order valence-corrected chi connectivity index (χ2v) is 10.2. The molecule has 2 saturated heterocycles. The van der Waals surface area contributed by atoms with Crippen molar-refractivity contribution >= 4 is 40.0 Å². The van der Waals surface area contributed by atoms with Gasteiger partial charge in [0.05, 0.1) is 47.8 Å². The van der Waals surface area contributed by atoms with Crippen LogP contribution in [0.2, 0.25) is 5.02 Å². The molecule has 4 rings (SSSR count). The normalized spacial score (nSPS) is 23.6. The van der Waals surface area contributed by atoms with E-state index in [2.05, 4.69) is 25.7 Å². The number of aryl methyl sites for hydroxylation is 1. The predicted molar refractivity (Wildman–Crippen MR) is 122 cm³/mol. The van der Waals surface area contributed by atoms with Crippen LogP contribution in [-0.4, -0.2) is 61.2 Å². The van der Waals surface area contributed by atoms with Crippen LogP contribution in [0.5, 0.6) is 0 Å². The standard InChI is InChI=1S/C14H17ClN6O2.C5H13NOS/c1-21-6-8(4-17-21)18-14-16-5-9(15)13(20-14)19-10-7-23-11-2-3-22-12(10)11;1-5(2,3)4-8(6)7/h4-6,10-12H,2-3,7H2,1H3,(H2,16,18,19,20);4,6H2,1-3H3. The third-order valence-electron chi connectivity index (χ3n) is 4.57. The number of halogens is 1. The molecule has 4 N–H and O–H groups in total. The molecule has 4 unspecified atom stereocenters. The third kappa shape index (κ3) is 7.11. The molecule has 12 heteroatoms. The number of nitrogens with two attached hydrogens (primary N) is 1. The molecule has 0 radical (unpaired) electrons. The smallest absolute Gasteiger partial charge is 0.229 e. The molecule has 0 aromatic carbocycles. The molecule has 2 aromatic rings. The van der Waals surface area contributed by atoms with Gasteiger partial charge in [-0.2, -0.15) is 10.1 Å². The number of aromatic nitrogens is 4. The number of fused-ring (bicyclic) bond motifs is 1. The molecule has 4 atom stereocenters. The van der Waals surface area contributed by atoms with Crippen LogP contribution in [-0.2, 0) is 27.5 Å². The van der Waals surface area contributed by atoms with E-state index in [9.17, 15) is 4.21 Å². The van der Waals surface area contributed by atoms with Crippen molar-refractivity contribution in [3.8, 4) is 0 Å². The number of hydrogen-bond acceptors (Lipinski definition) is 8. The monoisotopic (exact) mass is 471 g/mol. The summed E-state index contributed by atoms with van der Waals surface area (Å²) in [6, 6.07) is 0.0427. The summed E-state index contributed by atoms with van der Waals surface area (Å²) in [5.74, 6) is 1.60. The molecule has 0 aliphatic carbocycles. The molecule has 2 fully saturated rings. The number of nitrogens with one attached hydrogen (secondary N) is 2. The first-order chi connectivity index (χ1) is 14.6. The highest BCUT2D eigenvalue weighted by Gasteiger charge is 2.42. The van der Waals surface area contributed by atoms with Crippen LogP contribution in [0.25, 0.3) is 0 Å². The van der Waals surface area contributed by atoms with Crippen molar-refractivity contribution in [3.63, 3.8) is 0 Å². The summed E-state index contributed by atoms with van der Waals surface area (Å²) < 4.78 is 23.5. The Balaban J connectivity index is 0.000000293. The Labute approximate surface area is 189 Å². The molecule has 0 saturated carbocycles. The van der Waals surface area contributed by atoms with E-state index in [0.717, 1.165) is 18.7 Å². The largest absolute Gasteiger partial charge is 0.373 e. The fourth-order valence-electron chi connectivity index (χ4n) is 3.34. The predicted octanol–water partition coefficient (Wildman–Crippen LogP) is 2.23. The number of ether oxygens (including phenoxy) is 2. The van der Waals surface area contributed by atoms with Crippen LogP contribution < -0.4 is 15.8 Å². The van der Waals surface area contributed by atoms with E-state index < -0.39 is 11.0 Å². The van der Waals surface area contributed by atoms with E-state index >= 15 is 0 Å². The van der Waals surface area contributed by atoms with Gasteiger partial charge in [-0.05, 0) is 11.8 Å². The van der Waals surface area contributed by atoms with Crippen LogP contribution >= 0.6 is 11.6 Å². The minimum atomic E-state index is -1.14. The van der Waals surface area contributed by atoms with Crippen molar-refractivity contribution in [2.45, 2.75) is 45.4 Å². The second kappa shape index (κ2) is 10.2. The first-order valence-corrected chi connectivity index (χ1v) is 11.8. The van der Waals surface area contributed by atoms with E-state index in [1.165, 1.54) is 0 Å². The summed E-state index contributed by atoms with van der Waals surface area (Å²) in [5, 5.41) is 16.0. The molecule has 31 heavy (non-hydrogen) atoms. The maximum absolute atomic E-state index is 10.3. The molecule has 4 heterocycles. The minimum absolute atomic E-state index is 0.0427. The Bertz CT molecular complexity index is 905. The zero-order valence-electron chi connectivity index (χ0n) is 18.2. The summed E-state index contributed by atoms with van der Waals surface area (Å²) in [7, 11) is 0.711. The van der Waals surface area contributed by atoms with Gasteiger partial charge in [0.15, 0.2) is 5.82 Å².